The van der Waals surface area contributed by atoms with Crippen LogP contribution in [-0.4, -0.2) is 4.99 Å². The van der Waals surface area contributed by atoms with Crippen LogP contribution < -0.4 is 10.5 Å². The lowest BCUT2D eigenvalue weighted by Gasteiger charge is -2.09. The SMILES string of the molecule is NC(=S)c1ccc(Oc2cc(F)c(Cl)cc2Br)cc1. The summed E-state index contributed by atoms with van der Waals surface area (Å²) in [7, 11) is 0. The fourth-order valence-electron chi connectivity index (χ4n) is 1.40. The van der Waals surface area contributed by atoms with Crippen LogP contribution in [0.2, 0.25) is 5.02 Å². The van der Waals surface area contributed by atoms with E-state index in [1.54, 1.807) is 24.3 Å². The van der Waals surface area contributed by atoms with Crippen LogP contribution in [0.1, 0.15) is 5.56 Å². The highest BCUT2D eigenvalue weighted by atomic mass is 79.9. The minimum Gasteiger partial charge on any atom is -0.456 e. The average molecular weight is 361 g/mol. The summed E-state index contributed by atoms with van der Waals surface area (Å²) < 4.78 is 19.5. The summed E-state index contributed by atoms with van der Waals surface area (Å²) in [5.41, 5.74) is 6.24. The van der Waals surface area contributed by atoms with E-state index in [1.807, 2.05) is 0 Å². The molecule has 0 unspecified atom stereocenters. The van der Waals surface area contributed by atoms with Gasteiger partial charge in [0, 0.05) is 11.6 Å². The second-order valence-corrected chi connectivity index (χ2v) is 5.39. The molecule has 0 radical (unpaired) electrons. The Hall–Kier alpha value is -1.17. The second-order valence-electron chi connectivity index (χ2n) is 3.69. The Kier molecular flexibility index (Phi) is 4.39. The third-order valence-electron chi connectivity index (χ3n) is 2.34. The van der Waals surface area contributed by atoms with E-state index in [0.29, 0.717) is 21.0 Å². The number of halogens is 3. The van der Waals surface area contributed by atoms with Crippen molar-refractivity contribution in [3.05, 3.63) is 57.3 Å². The van der Waals surface area contributed by atoms with Crippen LogP contribution in [-0.2, 0) is 0 Å². The van der Waals surface area contributed by atoms with Crippen molar-refractivity contribution in [3.8, 4) is 11.5 Å². The topological polar surface area (TPSA) is 35.2 Å². The summed E-state index contributed by atoms with van der Waals surface area (Å²) in [6.45, 7) is 0. The molecule has 2 nitrogen and oxygen atoms in total. The van der Waals surface area contributed by atoms with Gasteiger partial charge in [-0.25, -0.2) is 4.39 Å². The van der Waals surface area contributed by atoms with Crippen LogP contribution in [0.4, 0.5) is 4.39 Å². The van der Waals surface area contributed by atoms with Crippen molar-refractivity contribution >= 4 is 44.7 Å². The van der Waals surface area contributed by atoms with Crippen molar-refractivity contribution in [2.24, 2.45) is 5.73 Å². The molecule has 0 amide bonds. The van der Waals surface area contributed by atoms with Gasteiger partial charge in [0.25, 0.3) is 0 Å². The summed E-state index contributed by atoms with van der Waals surface area (Å²) in [4.78, 5) is 0.310. The molecule has 2 rings (SSSR count). The maximum Gasteiger partial charge on any atom is 0.145 e. The van der Waals surface area contributed by atoms with Crippen molar-refractivity contribution in [2.45, 2.75) is 0 Å². The molecule has 0 aromatic heterocycles. The minimum absolute atomic E-state index is 0.0306. The van der Waals surface area contributed by atoms with E-state index < -0.39 is 5.82 Å². The molecule has 0 bridgehead atoms. The molecular formula is C13H8BrClFNOS. The molecule has 2 aromatic carbocycles. The van der Waals surface area contributed by atoms with Crippen molar-refractivity contribution in [1.82, 2.24) is 0 Å². The lowest BCUT2D eigenvalue weighted by Crippen LogP contribution is -2.08. The summed E-state index contributed by atoms with van der Waals surface area (Å²) in [6, 6.07) is 9.53. The molecule has 0 fully saturated rings. The third-order valence-corrected chi connectivity index (χ3v) is 3.49. The van der Waals surface area contributed by atoms with Crippen LogP contribution in [0.5, 0.6) is 11.5 Å². The molecule has 0 saturated carbocycles. The molecule has 6 heteroatoms. The Morgan fingerprint density at radius 2 is 1.89 bits per heavy atom. The molecule has 0 saturated heterocycles. The number of thiocarbonyl (C=S) groups is 1. The lowest BCUT2D eigenvalue weighted by molar-refractivity contribution is 0.473. The highest BCUT2D eigenvalue weighted by Crippen LogP contribution is 2.33. The summed E-state index contributed by atoms with van der Waals surface area (Å²) in [5, 5.41) is 0.0306. The molecule has 0 aliphatic rings. The van der Waals surface area contributed by atoms with Crippen molar-refractivity contribution in [1.29, 1.82) is 0 Å². The third kappa shape index (κ3) is 3.43. The van der Waals surface area contributed by atoms with Gasteiger partial charge in [0.15, 0.2) is 0 Å². The van der Waals surface area contributed by atoms with Gasteiger partial charge in [0.05, 0.1) is 9.50 Å². The fourth-order valence-corrected chi connectivity index (χ4v) is 2.25. The molecule has 2 N–H and O–H groups in total. The van der Waals surface area contributed by atoms with E-state index in [4.69, 9.17) is 34.3 Å². The largest absolute Gasteiger partial charge is 0.456 e. The first-order valence-electron chi connectivity index (χ1n) is 5.19. The first kappa shape index (κ1) is 14.2. The molecule has 0 atom stereocenters. The van der Waals surface area contributed by atoms with E-state index in [-0.39, 0.29) is 5.02 Å². The van der Waals surface area contributed by atoms with Crippen LogP contribution in [0.15, 0.2) is 40.9 Å². The zero-order valence-corrected chi connectivity index (χ0v) is 12.7. The second kappa shape index (κ2) is 5.86. The molecule has 0 spiro atoms. The summed E-state index contributed by atoms with van der Waals surface area (Å²) >= 11 is 13.8. The zero-order valence-electron chi connectivity index (χ0n) is 9.49. The van der Waals surface area contributed by atoms with E-state index in [1.165, 1.54) is 12.1 Å². The highest BCUT2D eigenvalue weighted by Gasteiger charge is 2.09. The molecular weight excluding hydrogens is 353 g/mol. The van der Waals surface area contributed by atoms with Gasteiger partial charge < -0.3 is 10.5 Å². The number of hydrogen-bond acceptors (Lipinski definition) is 2. The molecule has 0 aliphatic heterocycles. The van der Waals surface area contributed by atoms with Gasteiger partial charge in [-0.1, -0.05) is 23.8 Å². The van der Waals surface area contributed by atoms with E-state index in [0.717, 1.165) is 5.56 Å². The smallest absolute Gasteiger partial charge is 0.145 e. The maximum atomic E-state index is 13.4. The lowest BCUT2D eigenvalue weighted by atomic mass is 10.2. The van der Waals surface area contributed by atoms with Gasteiger partial charge >= 0.3 is 0 Å². The van der Waals surface area contributed by atoms with Crippen LogP contribution in [0.25, 0.3) is 0 Å². The number of rotatable bonds is 3. The monoisotopic (exact) mass is 359 g/mol. The van der Waals surface area contributed by atoms with Gasteiger partial charge in [-0.15, -0.1) is 0 Å². The molecule has 0 aliphatic carbocycles. The Labute approximate surface area is 128 Å². The molecule has 2 aromatic rings. The average Bonchev–Trinajstić information content (AvgIpc) is 2.36. The van der Waals surface area contributed by atoms with Gasteiger partial charge in [-0.3, -0.25) is 0 Å². The van der Waals surface area contributed by atoms with Crippen molar-refractivity contribution in [2.75, 3.05) is 0 Å². The van der Waals surface area contributed by atoms with E-state index in [2.05, 4.69) is 15.9 Å². The maximum absolute atomic E-state index is 13.4. The van der Waals surface area contributed by atoms with Crippen molar-refractivity contribution in [3.63, 3.8) is 0 Å². The number of ether oxygens (including phenoxy) is 1. The van der Waals surface area contributed by atoms with Gasteiger partial charge in [0.1, 0.15) is 22.3 Å². The Morgan fingerprint density at radius 3 is 2.47 bits per heavy atom. The van der Waals surface area contributed by atoms with E-state index >= 15 is 0 Å². The van der Waals surface area contributed by atoms with Crippen LogP contribution in [0, 0.1) is 5.82 Å². The van der Waals surface area contributed by atoms with Gasteiger partial charge in [-0.05, 0) is 46.3 Å². The number of benzene rings is 2. The van der Waals surface area contributed by atoms with Gasteiger partial charge in [-0.2, -0.15) is 0 Å². The number of hydrogen-bond donors (Lipinski definition) is 1. The normalized spacial score (nSPS) is 10.3. The summed E-state index contributed by atoms with van der Waals surface area (Å²) in [5.74, 6) is 0.340. The number of nitrogens with two attached hydrogens (primary N) is 1. The van der Waals surface area contributed by atoms with Crippen LogP contribution in [0.3, 0.4) is 0 Å². The Balaban J connectivity index is 2.26. The van der Waals surface area contributed by atoms with Crippen molar-refractivity contribution < 1.29 is 9.13 Å². The van der Waals surface area contributed by atoms with Gasteiger partial charge in [0.2, 0.25) is 0 Å². The minimum atomic E-state index is -0.542. The fraction of sp³-hybridized carbons (Fsp3) is 0. The zero-order chi connectivity index (χ0) is 14.0. The predicted molar refractivity (Wildman–Crippen MR) is 81.5 cm³/mol. The quantitative estimate of drug-likeness (QED) is 0.638. The predicted octanol–water partition coefficient (Wildman–Crippen LogP) is 4.67. The van der Waals surface area contributed by atoms with E-state index in [9.17, 15) is 4.39 Å². The standard InChI is InChI=1S/C13H8BrClFNOS/c14-9-5-10(15)11(16)6-12(9)18-8-3-1-7(2-4-8)13(17)19/h1-6H,(H2,17,19). The molecule has 19 heavy (non-hydrogen) atoms. The Morgan fingerprint density at radius 1 is 1.26 bits per heavy atom. The Bertz CT molecular complexity index is 633. The molecule has 98 valence electrons. The first-order valence-corrected chi connectivity index (χ1v) is 6.77. The highest BCUT2D eigenvalue weighted by molar-refractivity contribution is 9.10. The summed E-state index contributed by atoms with van der Waals surface area (Å²) in [6.07, 6.45) is 0. The van der Waals surface area contributed by atoms with Crippen LogP contribution >= 0.6 is 39.7 Å². The molecule has 0 heterocycles. The first-order chi connectivity index (χ1) is 8.97.